The van der Waals surface area contributed by atoms with Crippen molar-refractivity contribution in [1.82, 2.24) is 10.2 Å². The summed E-state index contributed by atoms with van der Waals surface area (Å²) in [6.45, 7) is 11.0. The average Bonchev–Trinajstić information content (AvgIpc) is 2.26. The Morgan fingerprint density at radius 1 is 1.09 bits per heavy atom. The summed E-state index contributed by atoms with van der Waals surface area (Å²) in [6.07, 6.45) is -1.09. The molecule has 0 radical (unpaired) electrons. The normalized spacial score (nSPS) is 23.0. The number of amides is 2. The van der Waals surface area contributed by atoms with Gasteiger partial charge in [-0.05, 0) is 54.4 Å². The summed E-state index contributed by atoms with van der Waals surface area (Å²) in [5, 5.41) is 12.9. The van der Waals surface area contributed by atoms with Gasteiger partial charge in [0, 0.05) is 6.54 Å². The lowest BCUT2D eigenvalue weighted by Crippen LogP contribution is -2.58. The number of ether oxygens (including phenoxy) is 2. The molecule has 22 heavy (non-hydrogen) atoms. The lowest BCUT2D eigenvalue weighted by Gasteiger charge is -2.38. The number of likely N-dealkylation sites (tertiary alicyclic amines) is 1. The van der Waals surface area contributed by atoms with Gasteiger partial charge in [0.1, 0.15) is 11.2 Å². The first kappa shape index (κ1) is 18.5. The number of hydrogen-bond acceptors (Lipinski definition) is 5. The molecule has 0 aromatic rings. The molecule has 1 heterocycles. The molecule has 1 fully saturated rings. The van der Waals surface area contributed by atoms with Crippen LogP contribution in [-0.4, -0.2) is 52.2 Å². The average molecular weight is 316 g/mol. The highest BCUT2D eigenvalue weighted by atomic mass is 16.6. The summed E-state index contributed by atoms with van der Waals surface area (Å²) in [5.74, 6) is 0. The standard InChI is InChI=1S/C15H28N2O5/c1-14(2,3)21-12(19)16-10-8-7-9-17(11(10)18)13(20)22-15(4,5)6/h10-11,18H,7-9H2,1-6H3,(H,16,19). The Bertz CT molecular complexity index is 411. The molecule has 7 nitrogen and oxygen atoms in total. The molecule has 2 unspecified atom stereocenters. The maximum Gasteiger partial charge on any atom is 0.412 e. The molecule has 1 saturated heterocycles. The zero-order valence-corrected chi connectivity index (χ0v) is 14.3. The predicted molar refractivity (Wildman–Crippen MR) is 81.3 cm³/mol. The van der Waals surface area contributed by atoms with Crippen molar-refractivity contribution in [2.24, 2.45) is 0 Å². The summed E-state index contributed by atoms with van der Waals surface area (Å²) >= 11 is 0. The molecule has 1 aliphatic rings. The van der Waals surface area contributed by atoms with E-state index in [0.29, 0.717) is 19.4 Å². The first-order valence-corrected chi connectivity index (χ1v) is 7.56. The van der Waals surface area contributed by atoms with Crippen LogP contribution < -0.4 is 5.32 Å². The van der Waals surface area contributed by atoms with Crippen LogP contribution >= 0.6 is 0 Å². The number of piperidine rings is 1. The van der Waals surface area contributed by atoms with E-state index in [1.54, 1.807) is 41.5 Å². The third kappa shape index (κ3) is 6.09. The minimum Gasteiger partial charge on any atom is -0.444 e. The fourth-order valence-corrected chi connectivity index (χ4v) is 2.11. The second kappa shape index (κ2) is 6.73. The van der Waals surface area contributed by atoms with Crippen molar-refractivity contribution >= 4 is 12.2 Å². The number of hydrogen-bond donors (Lipinski definition) is 2. The van der Waals surface area contributed by atoms with Crippen LogP contribution in [0.5, 0.6) is 0 Å². The number of aliphatic hydroxyl groups is 1. The monoisotopic (exact) mass is 316 g/mol. The Morgan fingerprint density at radius 3 is 2.14 bits per heavy atom. The molecule has 0 aromatic heterocycles. The van der Waals surface area contributed by atoms with E-state index in [1.807, 2.05) is 0 Å². The molecule has 0 aliphatic carbocycles. The van der Waals surface area contributed by atoms with Crippen molar-refractivity contribution in [2.45, 2.75) is 77.9 Å². The second-order valence-electron chi connectivity index (χ2n) is 7.48. The maximum atomic E-state index is 12.1. The third-order valence-electron chi connectivity index (χ3n) is 2.92. The smallest absolute Gasteiger partial charge is 0.412 e. The largest absolute Gasteiger partial charge is 0.444 e. The summed E-state index contributed by atoms with van der Waals surface area (Å²) in [4.78, 5) is 25.1. The molecular formula is C15H28N2O5. The van der Waals surface area contributed by atoms with Gasteiger partial charge >= 0.3 is 12.2 Å². The SMILES string of the molecule is CC(C)(C)OC(=O)NC1CCCN(C(=O)OC(C)(C)C)C1O. The highest BCUT2D eigenvalue weighted by molar-refractivity contribution is 5.70. The molecule has 128 valence electrons. The van der Waals surface area contributed by atoms with Crippen molar-refractivity contribution in [1.29, 1.82) is 0 Å². The molecule has 0 saturated carbocycles. The molecule has 0 aromatic carbocycles. The van der Waals surface area contributed by atoms with Crippen LogP contribution in [0.25, 0.3) is 0 Å². The van der Waals surface area contributed by atoms with Crippen LogP contribution in [0, 0.1) is 0 Å². The van der Waals surface area contributed by atoms with Crippen LogP contribution in [0.1, 0.15) is 54.4 Å². The lowest BCUT2D eigenvalue weighted by molar-refractivity contribution is -0.0614. The molecule has 7 heteroatoms. The van der Waals surface area contributed by atoms with Crippen LogP contribution in [0.2, 0.25) is 0 Å². The van der Waals surface area contributed by atoms with Gasteiger partial charge in [-0.25, -0.2) is 9.59 Å². The van der Waals surface area contributed by atoms with Crippen LogP contribution in [0.3, 0.4) is 0 Å². The molecule has 0 spiro atoms. The number of carbonyl (C=O) groups is 2. The van der Waals surface area contributed by atoms with Gasteiger partial charge in [-0.3, -0.25) is 4.90 Å². The summed E-state index contributed by atoms with van der Waals surface area (Å²) in [7, 11) is 0. The highest BCUT2D eigenvalue weighted by Gasteiger charge is 2.36. The number of alkyl carbamates (subject to hydrolysis) is 1. The number of nitrogens with zero attached hydrogens (tertiary/aromatic N) is 1. The van der Waals surface area contributed by atoms with Crippen molar-refractivity contribution < 1.29 is 24.2 Å². The Balaban J connectivity index is 2.64. The van der Waals surface area contributed by atoms with Gasteiger partial charge in [0.2, 0.25) is 0 Å². The number of aliphatic hydroxyl groups excluding tert-OH is 1. The zero-order chi connectivity index (χ0) is 17.1. The number of carbonyl (C=O) groups excluding carboxylic acids is 2. The summed E-state index contributed by atoms with van der Waals surface area (Å²) in [5.41, 5.74) is -1.25. The van der Waals surface area contributed by atoms with Crippen molar-refractivity contribution in [3.63, 3.8) is 0 Å². The van der Waals surface area contributed by atoms with Gasteiger partial charge in [0.25, 0.3) is 0 Å². The van der Waals surface area contributed by atoms with Crippen molar-refractivity contribution in [3.8, 4) is 0 Å². The molecule has 0 bridgehead atoms. The Kier molecular flexibility index (Phi) is 5.67. The Hall–Kier alpha value is -1.50. The number of nitrogens with one attached hydrogen (secondary N) is 1. The number of rotatable bonds is 1. The van der Waals surface area contributed by atoms with E-state index in [2.05, 4.69) is 5.32 Å². The maximum absolute atomic E-state index is 12.1. The van der Waals surface area contributed by atoms with E-state index in [4.69, 9.17) is 9.47 Å². The second-order valence-corrected chi connectivity index (χ2v) is 7.48. The van der Waals surface area contributed by atoms with E-state index in [0.717, 1.165) is 0 Å². The van der Waals surface area contributed by atoms with Gasteiger partial charge in [-0.2, -0.15) is 0 Å². The van der Waals surface area contributed by atoms with E-state index >= 15 is 0 Å². The van der Waals surface area contributed by atoms with E-state index in [9.17, 15) is 14.7 Å². The molecule has 1 rings (SSSR count). The Labute approximate surface area is 131 Å². The molecule has 2 atom stereocenters. The van der Waals surface area contributed by atoms with E-state index < -0.39 is 35.7 Å². The quantitative estimate of drug-likeness (QED) is 0.774. The van der Waals surface area contributed by atoms with Crippen LogP contribution in [0.15, 0.2) is 0 Å². The molecular weight excluding hydrogens is 288 g/mol. The Morgan fingerprint density at radius 2 is 1.64 bits per heavy atom. The van der Waals surface area contributed by atoms with Gasteiger partial charge in [-0.1, -0.05) is 0 Å². The van der Waals surface area contributed by atoms with Gasteiger partial charge < -0.3 is 19.9 Å². The van der Waals surface area contributed by atoms with Gasteiger partial charge in [-0.15, -0.1) is 0 Å². The molecule has 1 aliphatic heterocycles. The lowest BCUT2D eigenvalue weighted by atomic mass is 10.0. The predicted octanol–water partition coefficient (Wildman–Crippen LogP) is 2.23. The van der Waals surface area contributed by atoms with Crippen LogP contribution in [-0.2, 0) is 9.47 Å². The van der Waals surface area contributed by atoms with E-state index in [1.165, 1.54) is 4.90 Å². The molecule has 2 N–H and O–H groups in total. The minimum absolute atomic E-state index is 0.391. The van der Waals surface area contributed by atoms with Gasteiger partial charge in [0.15, 0.2) is 6.23 Å². The molecule has 2 amide bonds. The highest BCUT2D eigenvalue weighted by Crippen LogP contribution is 2.20. The third-order valence-corrected chi connectivity index (χ3v) is 2.92. The topological polar surface area (TPSA) is 88.1 Å². The first-order valence-electron chi connectivity index (χ1n) is 7.56. The van der Waals surface area contributed by atoms with Crippen molar-refractivity contribution in [2.75, 3.05) is 6.54 Å². The van der Waals surface area contributed by atoms with Crippen LogP contribution in [0.4, 0.5) is 9.59 Å². The zero-order valence-electron chi connectivity index (χ0n) is 14.3. The minimum atomic E-state index is -1.13. The van der Waals surface area contributed by atoms with Crippen molar-refractivity contribution in [3.05, 3.63) is 0 Å². The summed E-state index contributed by atoms with van der Waals surface area (Å²) < 4.78 is 10.4. The fraction of sp³-hybridized carbons (Fsp3) is 0.867. The van der Waals surface area contributed by atoms with Gasteiger partial charge in [0.05, 0.1) is 6.04 Å². The summed E-state index contributed by atoms with van der Waals surface area (Å²) in [6, 6.07) is -0.573. The first-order chi connectivity index (χ1) is 9.89. The van der Waals surface area contributed by atoms with E-state index in [-0.39, 0.29) is 0 Å². The fourth-order valence-electron chi connectivity index (χ4n) is 2.11.